The maximum absolute atomic E-state index is 5.79. The average Bonchev–Trinajstić information content (AvgIpc) is 3.28. The molecule has 1 fully saturated rings. The molecule has 1 aliphatic heterocycles. The third-order valence-electron chi connectivity index (χ3n) is 4.30. The summed E-state index contributed by atoms with van der Waals surface area (Å²) in [5.41, 5.74) is 2.33. The number of anilines is 1. The van der Waals surface area contributed by atoms with Crippen LogP contribution in [-0.2, 0) is 17.7 Å². The molecule has 4 nitrogen and oxygen atoms in total. The molecule has 1 unspecified atom stereocenters. The van der Waals surface area contributed by atoms with Gasteiger partial charge in [0, 0.05) is 18.8 Å². The van der Waals surface area contributed by atoms with E-state index in [0.717, 1.165) is 43.9 Å². The van der Waals surface area contributed by atoms with Crippen molar-refractivity contribution in [1.82, 2.24) is 4.90 Å². The second kappa shape index (κ2) is 8.31. The maximum atomic E-state index is 5.79. The van der Waals surface area contributed by atoms with Crippen LogP contribution in [0.15, 0.2) is 47.1 Å². The Balaban J connectivity index is 1.71. The molecule has 0 saturated carbocycles. The van der Waals surface area contributed by atoms with Crippen molar-refractivity contribution in [2.24, 2.45) is 0 Å². The zero-order valence-corrected chi connectivity index (χ0v) is 14.8. The number of nitrogens with one attached hydrogen (secondary N) is 1. The van der Waals surface area contributed by atoms with E-state index >= 15 is 0 Å². The van der Waals surface area contributed by atoms with Crippen LogP contribution in [0, 0.1) is 0 Å². The van der Waals surface area contributed by atoms with Crippen molar-refractivity contribution >= 4 is 23.0 Å². The first-order chi connectivity index (χ1) is 11.8. The van der Waals surface area contributed by atoms with Crippen molar-refractivity contribution in [1.29, 1.82) is 0 Å². The Morgan fingerprint density at radius 2 is 2.17 bits per heavy atom. The average molecular weight is 344 g/mol. The molecule has 0 spiro atoms. The van der Waals surface area contributed by atoms with Crippen molar-refractivity contribution in [2.75, 3.05) is 18.5 Å². The number of rotatable bonds is 6. The monoisotopic (exact) mass is 344 g/mol. The lowest BCUT2D eigenvalue weighted by Crippen LogP contribution is -2.39. The highest BCUT2D eigenvalue weighted by Crippen LogP contribution is 2.19. The topological polar surface area (TPSA) is 37.6 Å². The quantitative estimate of drug-likeness (QED) is 0.794. The standard InChI is InChI=1S/C19H24N2O2S/c1-2-15-7-3-4-10-18(15)20-19(24)21(13-16-8-5-11-22-16)14-17-9-6-12-23-17/h3-5,7-8,10-11,17H,2,6,9,12-14H2,1H3,(H,20,24). The SMILES string of the molecule is CCc1ccccc1NC(=S)N(Cc1ccco1)CC1CCCO1. The molecular formula is C19H24N2O2S. The summed E-state index contributed by atoms with van der Waals surface area (Å²) in [6.07, 6.45) is 5.11. The molecule has 3 rings (SSSR count). The highest BCUT2D eigenvalue weighted by molar-refractivity contribution is 7.80. The van der Waals surface area contributed by atoms with E-state index in [-0.39, 0.29) is 6.10 Å². The molecule has 1 aromatic carbocycles. The van der Waals surface area contributed by atoms with Gasteiger partial charge in [0.2, 0.25) is 0 Å². The fraction of sp³-hybridized carbons (Fsp3) is 0.421. The summed E-state index contributed by atoms with van der Waals surface area (Å²) in [5.74, 6) is 0.904. The number of hydrogen-bond donors (Lipinski definition) is 1. The van der Waals surface area contributed by atoms with E-state index in [1.807, 2.05) is 18.2 Å². The van der Waals surface area contributed by atoms with Crippen molar-refractivity contribution in [3.05, 3.63) is 54.0 Å². The second-order valence-electron chi connectivity index (χ2n) is 6.04. The molecule has 0 amide bonds. The lowest BCUT2D eigenvalue weighted by molar-refractivity contribution is 0.0892. The highest BCUT2D eigenvalue weighted by Gasteiger charge is 2.22. The number of furan rings is 1. The zero-order valence-electron chi connectivity index (χ0n) is 14.0. The third-order valence-corrected chi connectivity index (χ3v) is 4.66. The van der Waals surface area contributed by atoms with E-state index in [9.17, 15) is 0 Å². The van der Waals surface area contributed by atoms with Gasteiger partial charge in [-0.1, -0.05) is 25.1 Å². The normalized spacial score (nSPS) is 17.0. The molecule has 1 N–H and O–H groups in total. The van der Waals surface area contributed by atoms with Crippen LogP contribution in [0.5, 0.6) is 0 Å². The van der Waals surface area contributed by atoms with Gasteiger partial charge in [-0.2, -0.15) is 0 Å². The molecular weight excluding hydrogens is 320 g/mol. The van der Waals surface area contributed by atoms with Crippen LogP contribution in [-0.4, -0.2) is 29.3 Å². The number of ether oxygens (including phenoxy) is 1. The third kappa shape index (κ3) is 4.36. The van der Waals surface area contributed by atoms with Crippen LogP contribution in [0.25, 0.3) is 0 Å². The van der Waals surface area contributed by atoms with Crippen molar-refractivity contribution < 1.29 is 9.15 Å². The molecule has 1 aliphatic rings. The van der Waals surface area contributed by atoms with E-state index in [4.69, 9.17) is 21.4 Å². The summed E-state index contributed by atoms with van der Waals surface area (Å²) in [4.78, 5) is 2.14. The molecule has 128 valence electrons. The Bertz CT molecular complexity index is 651. The first-order valence-corrected chi connectivity index (χ1v) is 8.95. The number of thiocarbonyl (C=S) groups is 1. The smallest absolute Gasteiger partial charge is 0.173 e. The first-order valence-electron chi connectivity index (χ1n) is 8.54. The van der Waals surface area contributed by atoms with Gasteiger partial charge in [0.15, 0.2) is 5.11 Å². The van der Waals surface area contributed by atoms with Gasteiger partial charge in [-0.15, -0.1) is 0 Å². The van der Waals surface area contributed by atoms with Gasteiger partial charge >= 0.3 is 0 Å². The summed E-state index contributed by atoms with van der Waals surface area (Å²) < 4.78 is 11.3. The summed E-state index contributed by atoms with van der Waals surface area (Å²) >= 11 is 5.69. The largest absolute Gasteiger partial charge is 0.467 e. The zero-order chi connectivity index (χ0) is 16.8. The van der Waals surface area contributed by atoms with E-state index in [2.05, 4.69) is 35.3 Å². The maximum Gasteiger partial charge on any atom is 0.173 e. The molecule has 1 aromatic heterocycles. The van der Waals surface area contributed by atoms with Gasteiger partial charge in [-0.3, -0.25) is 0 Å². The lowest BCUT2D eigenvalue weighted by atomic mass is 10.1. The van der Waals surface area contributed by atoms with Gasteiger partial charge in [-0.25, -0.2) is 0 Å². The van der Waals surface area contributed by atoms with Crippen LogP contribution < -0.4 is 5.32 Å². The van der Waals surface area contributed by atoms with Crippen molar-refractivity contribution in [3.8, 4) is 0 Å². The van der Waals surface area contributed by atoms with Gasteiger partial charge in [-0.05, 0) is 55.2 Å². The van der Waals surface area contributed by atoms with Crippen LogP contribution >= 0.6 is 12.2 Å². The molecule has 1 atom stereocenters. The lowest BCUT2D eigenvalue weighted by Gasteiger charge is -2.28. The summed E-state index contributed by atoms with van der Waals surface area (Å²) in [6.45, 7) is 4.42. The fourth-order valence-electron chi connectivity index (χ4n) is 2.99. The van der Waals surface area contributed by atoms with Crippen LogP contribution in [0.2, 0.25) is 0 Å². The number of hydrogen-bond acceptors (Lipinski definition) is 3. The van der Waals surface area contributed by atoms with Crippen LogP contribution in [0.3, 0.4) is 0 Å². The van der Waals surface area contributed by atoms with Crippen molar-refractivity contribution in [3.63, 3.8) is 0 Å². The van der Waals surface area contributed by atoms with Gasteiger partial charge < -0.3 is 19.4 Å². The summed E-state index contributed by atoms with van der Waals surface area (Å²) in [5, 5.41) is 4.12. The van der Waals surface area contributed by atoms with E-state index in [1.54, 1.807) is 6.26 Å². The predicted molar refractivity (Wildman–Crippen MR) is 100 cm³/mol. The Kier molecular flexibility index (Phi) is 5.88. The Labute approximate surface area is 148 Å². The minimum atomic E-state index is 0.237. The molecule has 1 saturated heterocycles. The van der Waals surface area contributed by atoms with Crippen LogP contribution in [0.1, 0.15) is 31.1 Å². The Morgan fingerprint density at radius 3 is 2.88 bits per heavy atom. The van der Waals surface area contributed by atoms with Gasteiger partial charge in [0.05, 0.1) is 18.9 Å². The molecule has 5 heteroatoms. The van der Waals surface area contributed by atoms with Gasteiger partial charge in [0.25, 0.3) is 0 Å². The number of benzene rings is 1. The summed E-state index contributed by atoms with van der Waals surface area (Å²) in [6, 6.07) is 12.2. The number of aryl methyl sites for hydroxylation is 1. The van der Waals surface area contributed by atoms with E-state index in [1.165, 1.54) is 5.56 Å². The van der Waals surface area contributed by atoms with Crippen LogP contribution in [0.4, 0.5) is 5.69 Å². The Morgan fingerprint density at radius 1 is 1.29 bits per heavy atom. The number of nitrogens with zero attached hydrogens (tertiary/aromatic N) is 1. The first kappa shape index (κ1) is 17.0. The minimum Gasteiger partial charge on any atom is -0.467 e. The van der Waals surface area contributed by atoms with E-state index < -0.39 is 0 Å². The minimum absolute atomic E-state index is 0.237. The molecule has 0 aliphatic carbocycles. The van der Waals surface area contributed by atoms with Gasteiger partial charge in [0.1, 0.15) is 5.76 Å². The Hall–Kier alpha value is -1.85. The summed E-state index contributed by atoms with van der Waals surface area (Å²) in [7, 11) is 0. The molecule has 0 radical (unpaired) electrons. The second-order valence-corrected chi connectivity index (χ2v) is 6.42. The number of para-hydroxylation sites is 1. The highest BCUT2D eigenvalue weighted by atomic mass is 32.1. The van der Waals surface area contributed by atoms with Crippen molar-refractivity contribution in [2.45, 2.75) is 38.8 Å². The van der Waals surface area contributed by atoms with E-state index in [0.29, 0.717) is 11.7 Å². The molecule has 0 bridgehead atoms. The fourth-order valence-corrected chi connectivity index (χ4v) is 3.24. The predicted octanol–water partition coefficient (Wildman–Crippen LogP) is 4.22. The molecule has 2 aromatic rings. The molecule has 2 heterocycles. The molecule has 24 heavy (non-hydrogen) atoms.